The lowest BCUT2D eigenvalue weighted by Crippen LogP contribution is -2.25. The molecule has 0 bridgehead atoms. The minimum Gasteiger partial charge on any atom is -0.378 e. The van der Waals surface area contributed by atoms with Crippen LogP contribution in [0.15, 0.2) is 0 Å². The van der Waals surface area contributed by atoms with Crippen LogP contribution in [0.2, 0.25) is 0 Å². The van der Waals surface area contributed by atoms with Crippen molar-refractivity contribution in [3.8, 4) is 0 Å². The Morgan fingerprint density at radius 1 is 1.40 bits per heavy atom. The third-order valence-electron chi connectivity index (χ3n) is 0.901. The SMILES string of the molecule is CC(C)COCC(C)(C)[O]. The van der Waals surface area contributed by atoms with Crippen LogP contribution in [-0.2, 0) is 9.84 Å². The first-order valence-electron chi connectivity index (χ1n) is 3.70. The van der Waals surface area contributed by atoms with E-state index in [-0.39, 0.29) is 0 Å². The molecule has 0 saturated heterocycles. The van der Waals surface area contributed by atoms with E-state index in [1.807, 2.05) is 0 Å². The molecule has 0 aliphatic carbocycles. The van der Waals surface area contributed by atoms with Crippen molar-refractivity contribution in [2.75, 3.05) is 13.2 Å². The standard InChI is InChI=1S/C8H17O2/c1-7(2)5-10-6-8(3,4)9/h7H,5-6H2,1-4H3. The quantitative estimate of drug-likeness (QED) is 0.593. The predicted molar refractivity (Wildman–Crippen MR) is 40.4 cm³/mol. The zero-order valence-electron chi connectivity index (χ0n) is 7.31. The molecule has 0 aromatic carbocycles. The molecule has 0 N–H and O–H groups in total. The van der Waals surface area contributed by atoms with Crippen LogP contribution in [0.4, 0.5) is 0 Å². The van der Waals surface area contributed by atoms with Gasteiger partial charge in [0.15, 0.2) is 0 Å². The van der Waals surface area contributed by atoms with Crippen LogP contribution in [0.1, 0.15) is 27.7 Å². The van der Waals surface area contributed by atoms with E-state index in [4.69, 9.17) is 4.74 Å². The van der Waals surface area contributed by atoms with Crippen molar-refractivity contribution in [1.82, 2.24) is 0 Å². The number of hydrogen-bond acceptors (Lipinski definition) is 1. The van der Waals surface area contributed by atoms with Crippen LogP contribution in [0.5, 0.6) is 0 Å². The van der Waals surface area contributed by atoms with E-state index in [0.29, 0.717) is 19.1 Å². The van der Waals surface area contributed by atoms with Crippen LogP contribution in [0.25, 0.3) is 0 Å². The number of rotatable bonds is 4. The minimum absolute atomic E-state index is 0.311. The molecule has 0 aromatic rings. The van der Waals surface area contributed by atoms with Gasteiger partial charge in [-0.1, -0.05) is 13.8 Å². The second-order valence-electron chi connectivity index (χ2n) is 3.67. The lowest BCUT2D eigenvalue weighted by molar-refractivity contribution is -0.0702. The Labute approximate surface area is 63.2 Å². The summed E-state index contributed by atoms with van der Waals surface area (Å²) in [5, 5.41) is 11.0. The van der Waals surface area contributed by atoms with E-state index < -0.39 is 5.60 Å². The van der Waals surface area contributed by atoms with E-state index in [0.717, 1.165) is 0 Å². The lowest BCUT2D eigenvalue weighted by atomic mass is 10.2. The molecule has 61 valence electrons. The van der Waals surface area contributed by atoms with Crippen molar-refractivity contribution < 1.29 is 9.84 Å². The lowest BCUT2D eigenvalue weighted by Gasteiger charge is -2.15. The highest BCUT2D eigenvalue weighted by atomic mass is 16.5. The van der Waals surface area contributed by atoms with E-state index >= 15 is 0 Å². The first-order valence-corrected chi connectivity index (χ1v) is 3.70. The monoisotopic (exact) mass is 145 g/mol. The topological polar surface area (TPSA) is 29.1 Å². The Morgan fingerprint density at radius 2 is 1.90 bits per heavy atom. The van der Waals surface area contributed by atoms with E-state index in [9.17, 15) is 5.11 Å². The first-order chi connectivity index (χ1) is 4.42. The Hall–Kier alpha value is -0.0800. The third-order valence-corrected chi connectivity index (χ3v) is 0.901. The Bertz CT molecular complexity index is 81.7. The second-order valence-corrected chi connectivity index (χ2v) is 3.67. The summed E-state index contributed by atoms with van der Waals surface area (Å²) in [4.78, 5) is 0. The maximum Gasteiger partial charge on any atom is 0.121 e. The molecule has 0 aliphatic heterocycles. The van der Waals surface area contributed by atoms with Crippen LogP contribution in [0.3, 0.4) is 0 Å². The normalized spacial score (nSPS) is 12.6. The molecule has 0 heterocycles. The molecule has 0 amide bonds. The van der Waals surface area contributed by atoms with Crippen molar-refractivity contribution in [2.45, 2.75) is 33.3 Å². The summed E-state index contributed by atoms with van der Waals surface area (Å²) in [6, 6.07) is 0. The van der Waals surface area contributed by atoms with E-state index in [1.54, 1.807) is 13.8 Å². The third kappa shape index (κ3) is 7.92. The van der Waals surface area contributed by atoms with Gasteiger partial charge in [-0.05, 0) is 19.8 Å². The van der Waals surface area contributed by atoms with Crippen LogP contribution in [0, 0.1) is 5.92 Å². The van der Waals surface area contributed by atoms with Gasteiger partial charge in [0.05, 0.1) is 6.61 Å². The van der Waals surface area contributed by atoms with Crippen LogP contribution in [-0.4, -0.2) is 18.8 Å². The van der Waals surface area contributed by atoms with Crippen LogP contribution < -0.4 is 0 Å². The summed E-state index contributed by atoms with van der Waals surface area (Å²) in [6.45, 7) is 8.40. The Balaban J connectivity index is 3.21. The summed E-state index contributed by atoms with van der Waals surface area (Å²) in [5.41, 5.74) is -0.936. The molecule has 10 heavy (non-hydrogen) atoms. The largest absolute Gasteiger partial charge is 0.378 e. The average molecular weight is 145 g/mol. The Kier molecular flexibility index (Phi) is 3.91. The fraction of sp³-hybridized carbons (Fsp3) is 1.00. The van der Waals surface area contributed by atoms with Crippen molar-refractivity contribution in [3.05, 3.63) is 0 Å². The van der Waals surface area contributed by atoms with Crippen LogP contribution >= 0.6 is 0 Å². The zero-order valence-corrected chi connectivity index (χ0v) is 7.31. The molecule has 0 saturated carbocycles. The summed E-state index contributed by atoms with van der Waals surface area (Å²) in [5.74, 6) is 0.516. The summed E-state index contributed by atoms with van der Waals surface area (Å²) < 4.78 is 5.15. The first kappa shape index (κ1) is 9.92. The molecule has 2 heteroatoms. The van der Waals surface area contributed by atoms with Crippen molar-refractivity contribution in [2.24, 2.45) is 5.92 Å². The molecule has 0 aromatic heterocycles. The van der Waals surface area contributed by atoms with E-state index in [2.05, 4.69) is 13.8 Å². The smallest absolute Gasteiger partial charge is 0.121 e. The average Bonchev–Trinajstić information content (AvgIpc) is 1.59. The molecule has 0 rings (SSSR count). The maximum absolute atomic E-state index is 11.0. The molecule has 0 aliphatic rings. The van der Waals surface area contributed by atoms with Gasteiger partial charge in [0.1, 0.15) is 5.60 Å². The Morgan fingerprint density at radius 3 is 2.20 bits per heavy atom. The molecular weight excluding hydrogens is 128 g/mol. The molecule has 0 unspecified atom stereocenters. The maximum atomic E-state index is 11.0. The van der Waals surface area contributed by atoms with Gasteiger partial charge in [-0.3, -0.25) is 0 Å². The minimum atomic E-state index is -0.936. The highest BCUT2D eigenvalue weighted by molar-refractivity contribution is 4.62. The number of hydrogen-bond donors (Lipinski definition) is 0. The van der Waals surface area contributed by atoms with Crippen molar-refractivity contribution >= 4 is 0 Å². The predicted octanol–water partition coefficient (Wildman–Crippen LogP) is 1.87. The van der Waals surface area contributed by atoms with Gasteiger partial charge in [-0.2, -0.15) is 0 Å². The van der Waals surface area contributed by atoms with Gasteiger partial charge in [-0.25, -0.2) is 5.11 Å². The van der Waals surface area contributed by atoms with Gasteiger partial charge in [0, 0.05) is 6.61 Å². The summed E-state index contributed by atoms with van der Waals surface area (Å²) in [6.07, 6.45) is 0. The molecular formula is C8H17O2. The zero-order chi connectivity index (χ0) is 8.20. The van der Waals surface area contributed by atoms with E-state index in [1.165, 1.54) is 0 Å². The molecule has 1 radical (unpaired) electrons. The fourth-order valence-electron chi connectivity index (χ4n) is 0.540. The molecule has 0 fully saturated rings. The second kappa shape index (κ2) is 3.94. The van der Waals surface area contributed by atoms with Crippen molar-refractivity contribution in [1.29, 1.82) is 0 Å². The summed E-state index contributed by atoms with van der Waals surface area (Å²) in [7, 11) is 0. The molecule has 2 nitrogen and oxygen atoms in total. The van der Waals surface area contributed by atoms with Gasteiger partial charge >= 0.3 is 0 Å². The fourth-order valence-corrected chi connectivity index (χ4v) is 0.540. The number of ether oxygens (including phenoxy) is 1. The molecule has 0 atom stereocenters. The van der Waals surface area contributed by atoms with Gasteiger partial charge in [0.25, 0.3) is 0 Å². The van der Waals surface area contributed by atoms with Gasteiger partial charge in [-0.15, -0.1) is 0 Å². The summed E-state index contributed by atoms with van der Waals surface area (Å²) >= 11 is 0. The highest BCUT2D eigenvalue weighted by Crippen LogP contribution is 2.03. The highest BCUT2D eigenvalue weighted by Gasteiger charge is 2.14. The molecule has 0 spiro atoms. The van der Waals surface area contributed by atoms with Gasteiger partial charge in [0.2, 0.25) is 0 Å². The van der Waals surface area contributed by atoms with Crippen molar-refractivity contribution in [3.63, 3.8) is 0 Å². The van der Waals surface area contributed by atoms with Gasteiger partial charge < -0.3 is 4.74 Å².